The van der Waals surface area contributed by atoms with E-state index in [4.69, 9.17) is 23.2 Å². The van der Waals surface area contributed by atoms with Crippen LogP contribution in [-0.4, -0.2) is 33.4 Å². The summed E-state index contributed by atoms with van der Waals surface area (Å²) in [5.74, 6) is -0.415. The number of nitrogens with zero attached hydrogens (tertiary/aromatic N) is 2. The van der Waals surface area contributed by atoms with Crippen molar-refractivity contribution in [1.29, 1.82) is 0 Å². The van der Waals surface area contributed by atoms with Gasteiger partial charge < -0.3 is 10.6 Å². The fraction of sp³-hybridized carbons (Fsp3) is 0.333. The summed E-state index contributed by atoms with van der Waals surface area (Å²) in [6, 6.07) is 5.53. The second-order valence-corrected chi connectivity index (χ2v) is 8.20. The molecular weight excluding hydrogens is 423 g/mol. The predicted octanol–water partition coefficient (Wildman–Crippen LogP) is 2.87. The van der Waals surface area contributed by atoms with E-state index < -0.39 is 11.5 Å². The summed E-state index contributed by atoms with van der Waals surface area (Å²) in [7, 11) is 0. The van der Waals surface area contributed by atoms with Crippen molar-refractivity contribution in [3.8, 4) is 0 Å². The van der Waals surface area contributed by atoms with Gasteiger partial charge in [0.15, 0.2) is 0 Å². The van der Waals surface area contributed by atoms with E-state index in [1.54, 1.807) is 12.1 Å². The number of thioether (sulfide) groups is 1. The molecule has 148 valence electrons. The quantitative estimate of drug-likeness (QED) is 0.645. The number of rotatable bonds is 7. The number of carbonyl (C=O) groups excluding carboxylic acids is 2. The lowest BCUT2D eigenvalue weighted by molar-refractivity contribution is -0.119. The summed E-state index contributed by atoms with van der Waals surface area (Å²) in [6.45, 7) is 1.50. The minimum absolute atomic E-state index is 0.0686. The molecule has 0 aliphatic heterocycles. The maximum atomic E-state index is 12.4. The van der Waals surface area contributed by atoms with Gasteiger partial charge in [0.1, 0.15) is 11.6 Å². The van der Waals surface area contributed by atoms with Crippen molar-refractivity contribution in [2.45, 2.75) is 37.2 Å². The van der Waals surface area contributed by atoms with Gasteiger partial charge in [-0.1, -0.05) is 35.3 Å². The van der Waals surface area contributed by atoms with Crippen molar-refractivity contribution < 1.29 is 9.59 Å². The SMILES string of the molecule is Cc1cccc(Cl)c1NC(=O)Cn1ncc(SCC(=O)NC2CC2)c(Cl)c1=O. The molecule has 0 unspecified atom stereocenters. The molecule has 2 N–H and O–H groups in total. The Morgan fingerprint density at radius 1 is 1.29 bits per heavy atom. The maximum absolute atomic E-state index is 12.4. The Labute approximate surface area is 175 Å². The molecule has 7 nitrogen and oxygen atoms in total. The van der Waals surface area contributed by atoms with Crippen LogP contribution in [0, 0.1) is 6.92 Å². The molecule has 1 aliphatic carbocycles. The first-order chi connectivity index (χ1) is 13.3. The molecule has 0 atom stereocenters. The second kappa shape index (κ2) is 8.98. The molecule has 0 radical (unpaired) electrons. The van der Waals surface area contributed by atoms with Crippen LogP contribution < -0.4 is 16.2 Å². The summed E-state index contributed by atoms with van der Waals surface area (Å²) in [5, 5.41) is 9.87. The number of hydrogen-bond donors (Lipinski definition) is 2. The number of carbonyl (C=O) groups is 2. The Kier molecular flexibility index (Phi) is 6.64. The van der Waals surface area contributed by atoms with Crippen LogP contribution in [0.5, 0.6) is 0 Å². The van der Waals surface area contributed by atoms with Gasteiger partial charge in [-0.05, 0) is 31.4 Å². The minimum Gasteiger partial charge on any atom is -0.353 e. The fourth-order valence-electron chi connectivity index (χ4n) is 2.41. The number of para-hydroxylation sites is 1. The molecule has 10 heteroatoms. The van der Waals surface area contributed by atoms with Crippen LogP contribution in [0.25, 0.3) is 0 Å². The summed E-state index contributed by atoms with van der Waals surface area (Å²) in [6.07, 6.45) is 3.39. The Morgan fingerprint density at radius 3 is 2.71 bits per heavy atom. The van der Waals surface area contributed by atoms with Gasteiger partial charge in [0, 0.05) is 6.04 Å². The molecule has 1 aliphatic rings. The van der Waals surface area contributed by atoms with Crippen molar-refractivity contribution in [3.63, 3.8) is 0 Å². The lowest BCUT2D eigenvalue weighted by atomic mass is 10.2. The summed E-state index contributed by atoms with van der Waals surface area (Å²) in [4.78, 5) is 36.8. The van der Waals surface area contributed by atoms with Crippen LogP contribution in [0.4, 0.5) is 5.69 Å². The minimum atomic E-state index is -0.597. The van der Waals surface area contributed by atoms with Crippen molar-refractivity contribution in [2.24, 2.45) is 0 Å². The van der Waals surface area contributed by atoms with Crippen LogP contribution in [0.2, 0.25) is 10.0 Å². The molecule has 0 saturated heterocycles. The molecule has 1 heterocycles. The van der Waals surface area contributed by atoms with Gasteiger partial charge in [-0.2, -0.15) is 5.10 Å². The predicted molar refractivity (Wildman–Crippen MR) is 110 cm³/mol. The summed E-state index contributed by atoms with van der Waals surface area (Å²) < 4.78 is 0.970. The topological polar surface area (TPSA) is 93.1 Å². The number of nitrogens with one attached hydrogen (secondary N) is 2. The first kappa shape index (κ1) is 20.7. The Balaban J connectivity index is 1.64. The largest absolute Gasteiger partial charge is 0.353 e. The third-order valence-corrected chi connectivity index (χ3v) is 5.85. The molecule has 3 rings (SSSR count). The highest BCUT2D eigenvalue weighted by molar-refractivity contribution is 8.00. The first-order valence-corrected chi connectivity index (χ1v) is 10.3. The molecule has 28 heavy (non-hydrogen) atoms. The molecule has 1 fully saturated rings. The Bertz CT molecular complexity index is 956. The Hall–Kier alpha value is -2.03. The van der Waals surface area contributed by atoms with Gasteiger partial charge in [-0.25, -0.2) is 4.68 Å². The third-order valence-electron chi connectivity index (χ3n) is 4.03. The monoisotopic (exact) mass is 440 g/mol. The fourth-order valence-corrected chi connectivity index (χ4v) is 3.69. The van der Waals surface area contributed by atoms with Crippen LogP contribution in [0.1, 0.15) is 18.4 Å². The number of aryl methyl sites for hydroxylation is 1. The van der Waals surface area contributed by atoms with Crippen molar-refractivity contribution in [2.75, 3.05) is 11.1 Å². The highest BCUT2D eigenvalue weighted by Gasteiger charge is 2.23. The number of hydrogen-bond acceptors (Lipinski definition) is 5. The highest BCUT2D eigenvalue weighted by Crippen LogP contribution is 2.26. The standard InChI is InChI=1S/C18H18Cl2N4O3S/c1-10-3-2-4-12(19)17(10)23-14(25)8-24-18(27)16(20)13(7-21-24)28-9-15(26)22-11-5-6-11/h2-4,7,11H,5-6,8-9H2,1H3,(H,22,26)(H,23,25). The molecule has 1 aromatic carbocycles. The van der Waals surface area contributed by atoms with E-state index in [0.29, 0.717) is 15.6 Å². The maximum Gasteiger partial charge on any atom is 0.287 e. The zero-order chi connectivity index (χ0) is 20.3. The number of benzene rings is 1. The van der Waals surface area contributed by atoms with Crippen LogP contribution in [0.3, 0.4) is 0 Å². The number of anilines is 1. The molecule has 2 aromatic rings. The second-order valence-electron chi connectivity index (χ2n) is 6.40. The summed E-state index contributed by atoms with van der Waals surface area (Å²) in [5.41, 5.74) is 0.692. The van der Waals surface area contributed by atoms with E-state index in [2.05, 4.69) is 15.7 Å². The van der Waals surface area contributed by atoms with Gasteiger partial charge in [0.25, 0.3) is 5.56 Å². The lowest BCUT2D eigenvalue weighted by Crippen LogP contribution is -2.30. The lowest BCUT2D eigenvalue weighted by Gasteiger charge is -2.11. The van der Waals surface area contributed by atoms with E-state index >= 15 is 0 Å². The summed E-state index contributed by atoms with van der Waals surface area (Å²) >= 11 is 13.3. The molecule has 2 amide bonds. The molecule has 1 saturated carbocycles. The highest BCUT2D eigenvalue weighted by atomic mass is 35.5. The zero-order valence-electron chi connectivity index (χ0n) is 15.0. The van der Waals surface area contributed by atoms with Gasteiger partial charge in [0.05, 0.1) is 27.6 Å². The van der Waals surface area contributed by atoms with E-state index in [1.807, 2.05) is 13.0 Å². The van der Waals surface area contributed by atoms with Crippen LogP contribution in [0.15, 0.2) is 34.1 Å². The Morgan fingerprint density at radius 2 is 2.04 bits per heavy atom. The van der Waals surface area contributed by atoms with Crippen LogP contribution >= 0.6 is 35.0 Å². The van der Waals surface area contributed by atoms with Crippen molar-refractivity contribution in [3.05, 3.63) is 50.4 Å². The molecule has 0 bridgehead atoms. The first-order valence-electron chi connectivity index (χ1n) is 8.58. The average Bonchev–Trinajstić information content (AvgIpc) is 3.45. The van der Waals surface area contributed by atoms with Gasteiger partial charge in [0.2, 0.25) is 11.8 Å². The third kappa shape index (κ3) is 5.27. The van der Waals surface area contributed by atoms with Gasteiger partial charge in [-0.15, -0.1) is 11.8 Å². The van der Waals surface area contributed by atoms with E-state index in [1.165, 1.54) is 6.20 Å². The van der Waals surface area contributed by atoms with Crippen LogP contribution in [-0.2, 0) is 16.1 Å². The van der Waals surface area contributed by atoms with Gasteiger partial charge >= 0.3 is 0 Å². The molecule has 1 aromatic heterocycles. The molecule has 0 spiro atoms. The zero-order valence-corrected chi connectivity index (χ0v) is 17.3. The normalized spacial score (nSPS) is 13.2. The van der Waals surface area contributed by atoms with E-state index in [0.717, 1.165) is 34.8 Å². The van der Waals surface area contributed by atoms with Crippen molar-refractivity contribution >= 4 is 52.5 Å². The van der Waals surface area contributed by atoms with E-state index in [9.17, 15) is 14.4 Å². The van der Waals surface area contributed by atoms with Crippen molar-refractivity contribution in [1.82, 2.24) is 15.1 Å². The average molecular weight is 441 g/mol. The number of aromatic nitrogens is 2. The molecular formula is C18H18Cl2N4O3S. The smallest absolute Gasteiger partial charge is 0.287 e. The van der Waals surface area contributed by atoms with Gasteiger partial charge in [-0.3, -0.25) is 14.4 Å². The van der Waals surface area contributed by atoms with E-state index in [-0.39, 0.29) is 29.3 Å². The number of halogens is 2. The number of amides is 2.